The lowest BCUT2D eigenvalue weighted by molar-refractivity contribution is 0.0792. The van der Waals surface area contributed by atoms with Gasteiger partial charge in [-0.25, -0.2) is 23.1 Å². The SMILES string of the molecule is O=S1(=O)C[C@@H](O)[C@H](N2CCN(c3ncnc4c3cnn4-c3ccccc3)CC2)C1. The molecule has 0 saturated carbocycles. The number of aromatic nitrogens is 4. The summed E-state index contributed by atoms with van der Waals surface area (Å²) in [6, 6.07) is 9.53. The smallest absolute Gasteiger partial charge is 0.168 e. The van der Waals surface area contributed by atoms with E-state index in [9.17, 15) is 13.5 Å². The van der Waals surface area contributed by atoms with Crippen molar-refractivity contribution in [3.05, 3.63) is 42.9 Å². The molecular weight excluding hydrogens is 392 g/mol. The van der Waals surface area contributed by atoms with E-state index in [1.165, 1.54) is 0 Å². The molecular formula is C19H22N6O3S. The molecule has 0 unspecified atom stereocenters. The summed E-state index contributed by atoms with van der Waals surface area (Å²) in [5.41, 5.74) is 1.69. The number of para-hydroxylation sites is 1. The van der Waals surface area contributed by atoms with Gasteiger partial charge >= 0.3 is 0 Å². The monoisotopic (exact) mass is 414 g/mol. The van der Waals surface area contributed by atoms with Gasteiger partial charge in [-0.2, -0.15) is 5.10 Å². The number of aliphatic hydroxyl groups is 1. The van der Waals surface area contributed by atoms with Crippen LogP contribution in [0.4, 0.5) is 5.82 Å². The van der Waals surface area contributed by atoms with Gasteiger partial charge in [0.1, 0.15) is 12.1 Å². The molecule has 0 aliphatic carbocycles. The van der Waals surface area contributed by atoms with Gasteiger partial charge in [-0.1, -0.05) is 18.2 Å². The Kier molecular flexibility index (Phi) is 4.49. The van der Waals surface area contributed by atoms with E-state index in [1.807, 2.05) is 30.3 Å². The van der Waals surface area contributed by atoms with E-state index in [-0.39, 0.29) is 17.5 Å². The first-order valence-electron chi connectivity index (χ1n) is 9.63. The molecule has 29 heavy (non-hydrogen) atoms. The first kappa shape index (κ1) is 18.5. The molecule has 0 amide bonds. The molecule has 4 heterocycles. The summed E-state index contributed by atoms with van der Waals surface area (Å²) in [6.07, 6.45) is 2.54. The van der Waals surface area contributed by atoms with Crippen LogP contribution in [0.3, 0.4) is 0 Å². The molecule has 2 atom stereocenters. The summed E-state index contributed by atoms with van der Waals surface area (Å²) >= 11 is 0. The zero-order chi connectivity index (χ0) is 20.0. The third kappa shape index (κ3) is 3.37. The Morgan fingerprint density at radius 2 is 1.76 bits per heavy atom. The standard InChI is InChI=1S/C19H22N6O3S/c26-17-12-29(27,28)11-16(17)23-6-8-24(9-7-23)18-15-10-22-25(19(15)21-13-20-18)14-4-2-1-3-5-14/h1-5,10,13,16-17,26H,6-9,11-12H2/t16-,17-/m1/s1. The largest absolute Gasteiger partial charge is 0.390 e. The second-order valence-corrected chi connectivity index (χ2v) is 9.71. The average molecular weight is 414 g/mol. The Morgan fingerprint density at radius 3 is 2.45 bits per heavy atom. The van der Waals surface area contributed by atoms with E-state index in [4.69, 9.17) is 0 Å². The van der Waals surface area contributed by atoms with Crippen molar-refractivity contribution in [2.24, 2.45) is 0 Å². The van der Waals surface area contributed by atoms with Crippen molar-refractivity contribution in [3.8, 4) is 5.69 Å². The van der Waals surface area contributed by atoms with E-state index in [1.54, 1.807) is 17.2 Å². The zero-order valence-electron chi connectivity index (χ0n) is 15.8. The number of piperazine rings is 1. The van der Waals surface area contributed by atoms with Gasteiger partial charge in [0.15, 0.2) is 15.5 Å². The maximum atomic E-state index is 11.8. The summed E-state index contributed by atoms with van der Waals surface area (Å²) in [6.45, 7) is 2.75. The van der Waals surface area contributed by atoms with E-state index < -0.39 is 15.9 Å². The number of fused-ring (bicyclic) bond motifs is 1. The minimum atomic E-state index is -3.15. The topological polar surface area (TPSA) is 104 Å². The molecule has 2 fully saturated rings. The highest BCUT2D eigenvalue weighted by atomic mass is 32.2. The van der Waals surface area contributed by atoms with Crippen molar-refractivity contribution >= 4 is 26.7 Å². The normalized spacial score (nSPS) is 24.9. The van der Waals surface area contributed by atoms with Crippen molar-refractivity contribution in [3.63, 3.8) is 0 Å². The third-order valence-electron chi connectivity index (χ3n) is 5.72. The van der Waals surface area contributed by atoms with E-state index >= 15 is 0 Å². The van der Waals surface area contributed by atoms with Gasteiger partial charge < -0.3 is 10.0 Å². The Hall–Kier alpha value is -2.56. The molecule has 1 N–H and O–H groups in total. The molecule has 2 aliphatic rings. The predicted molar refractivity (Wildman–Crippen MR) is 109 cm³/mol. The van der Waals surface area contributed by atoms with Gasteiger partial charge in [0.25, 0.3) is 0 Å². The van der Waals surface area contributed by atoms with Gasteiger partial charge in [0.05, 0.1) is 40.9 Å². The second kappa shape index (κ2) is 7.05. The van der Waals surface area contributed by atoms with Crippen molar-refractivity contribution in [2.45, 2.75) is 12.1 Å². The maximum Gasteiger partial charge on any atom is 0.168 e. The fourth-order valence-corrected chi connectivity index (χ4v) is 6.10. The van der Waals surface area contributed by atoms with Crippen LogP contribution in [-0.4, -0.2) is 88.0 Å². The van der Waals surface area contributed by atoms with Crippen LogP contribution in [0.25, 0.3) is 16.7 Å². The maximum absolute atomic E-state index is 11.8. The lowest BCUT2D eigenvalue weighted by Gasteiger charge is -2.39. The van der Waals surface area contributed by atoms with Crippen LogP contribution in [0.15, 0.2) is 42.9 Å². The number of anilines is 1. The Bertz CT molecular complexity index is 1130. The summed E-state index contributed by atoms with van der Waals surface area (Å²) in [5, 5.41) is 15.5. The molecule has 0 radical (unpaired) electrons. The molecule has 0 spiro atoms. The number of benzene rings is 1. The van der Waals surface area contributed by atoms with Crippen LogP contribution < -0.4 is 4.90 Å². The zero-order valence-corrected chi connectivity index (χ0v) is 16.6. The molecule has 3 aromatic rings. The third-order valence-corrected chi connectivity index (χ3v) is 7.42. The minimum Gasteiger partial charge on any atom is -0.390 e. The number of aliphatic hydroxyl groups excluding tert-OH is 1. The van der Waals surface area contributed by atoms with Crippen LogP contribution in [0, 0.1) is 0 Å². The first-order chi connectivity index (χ1) is 14.0. The van der Waals surface area contributed by atoms with Crippen LogP contribution in [-0.2, 0) is 9.84 Å². The van der Waals surface area contributed by atoms with Crippen molar-refractivity contribution in [2.75, 3.05) is 42.6 Å². The summed E-state index contributed by atoms with van der Waals surface area (Å²) in [5.74, 6) is 0.732. The van der Waals surface area contributed by atoms with Crippen molar-refractivity contribution < 1.29 is 13.5 Å². The molecule has 152 valence electrons. The van der Waals surface area contributed by atoms with Crippen LogP contribution in [0.1, 0.15) is 0 Å². The molecule has 2 aromatic heterocycles. The van der Waals surface area contributed by atoms with Crippen LogP contribution >= 0.6 is 0 Å². The number of rotatable bonds is 3. The molecule has 9 nitrogen and oxygen atoms in total. The number of hydrogen-bond donors (Lipinski definition) is 1. The van der Waals surface area contributed by atoms with E-state index in [0.29, 0.717) is 26.2 Å². The van der Waals surface area contributed by atoms with Gasteiger partial charge in [-0.3, -0.25) is 4.90 Å². The van der Waals surface area contributed by atoms with Gasteiger partial charge in [0, 0.05) is 26.2 Å². The molecule has 0 bridgehead atoms. The second-order valence-electron chi connectivity index (χ2n) is 7.56. The highest BCUT2D eigenvalue weighted by Gasteiger charge is 2.40. The molecule has 5 rings (SSSR count). The number of nitrogens with zero attached hydrogens (tertiary/aromatic N) is 6. The lowest BCUT2D eigenvalue weighted by atomic mass is 10.1. The van der Waals surface area contributed by atoms with Gasteiger partial charge in [0.2, 0.25) is 0 Å². The fourth-order valence-electron chi connectivity index (χ4n) is 4.27. The highest BCUT2D eigenvalue weighted by Crippen LogP contribution is 2.27. The minimum absolute atomic E-state index is 0.0375. The Balaban J connectivity index is 1.37. The van der Waals surface area contributed by atoms with Crippen molar-refractivity contribution in [1.82, 2.24) is 24.6 Å². The molecule has 2 aliphatic heterocycles. The molecule has 10 heteroatoms. The first-order valence-corrected chi connectivity index (χ1v) is 11.5. The fraction of sp³-hybridized carbons (Fsp3) is 0.421. The van der Waals surface area contributed by atoms with Crippen LogP contribution in [0.5, 0.6) is 0 Å². The van der Waals surface area contributed by atoms with E-state index in [0.717, 1.165) is 22.5 Å². The molecule has 1 aromatic carbocycles. The molecule has 2 saturated heterocycles. The quantitative estimate of drug-likeness (QED) is 0.643. The van der Waals surface area contributed by atoms with E-state index in [2.05, 4.69) is 24.9 Å². The van der Waals surface area contributed by atoms with Crippen LogP contribution in [0.2, 0.25) is 0 Å². The summed E-state index contributed by atoms with van der Waals surface area (Å²) < 4.78 is 25.4. The Morgan fingerprint density at radius 1 is 1.00 bits per heavy atom. The lowest BCUT2D eigenvalue weighted by Crippen LogP contribution is -2.53. The number of sulfone groups is 1. The van der Waals surface area contributed by atoms with Gasteiger partial charge in [-0.05, 0) is 12.1 Å². The number of hydrogen-bond acceptors (Lipinski definition) is 8. The van der Waals surface area contributed by atoms with Gasteiger partial charge in [-0.15, -0.1) is 0 Å². The summed E-state index contributed by atoms with van der Waals surface area (Å²) in [7, 11) is -3.15. The Labute approximate surface area is 168 Å². The average Bonchev–Trinajstić information content (AvgIpc) is 3.28. The predicted octanol–water partition coefficient (Wildman–Crippen LogP) is 0.0954. The van der Waals surface area contributed by atoms with Crippen molar-refractivity contribution in [1.29, 1.82) is 0 Å². The summed E-state index contributed by atoms with van der Waals surface area (Å²) in [4.78, 5) is 13.2. The highest BCUT2D eigenvalue weighted by molar-refractivity contribution is 7.91.